The highest BCUT2D eigenvalue weighted by Gasteiger charge is 2.08. The Bertz CT molecular complexity index is 632. The van der Waals surface area contributed by atoms with Gasteiger partial charge in [-0.25, -0.2) is 4.39 Å². The Hall–Kier alpha value is -2.05. The molecule has 1 N–H and O–H groups in total. The average molecular weight is 289 g/mol. The third kappa shape index (κ3) is 3.72. The Kier molecular flexibility index (Phi) is 4.60. The van der Waals surface area contributed by atoms with Crippen molar-refractivity contribution >= 4 is 17.3 Å². The van der Waals surface area contributed by atoms with Gasteiger partial charge in [0.25, 0.3) is 0 Å². The third-order valence-electron chi connectivity index (χ3n) is 2.96. The Labute approximate surface area is 122 Å². The largest absolute Gasteiger partial charge is 0.381 e. The quantitative estimate of drug-likeness (QED) is 0.905. The van der Waals surface area contributed by atoms with Gasteiger partial charge in [-0.1, -0.05) is 23.7 Å². The van der Waals surface area contributed by atoms with Crippen molar-refractivity contribution in [3.63, 3.8) is 0 Å². The molecule has 1 unspecified atom stereocenters. The van der Waals surface area contributed by atoms with E-state index >= 15 is 0 Å². The Morgan fingerprint density at radius 1 is 1.25 bits per heavy atom. The molecule has 102 valence electrons. The van der Waals surface area contributed by atoms with E-state index in [0.717, 1.165) is 17.7 Å². The van der Waals surface area contributed by atoms with Crippen LogP contribution in [0.2, 0.25) is 5.02 Å². The maximum absolute atomic E-state index is 12.8. The molecule has 20 heavy (non-hydrogen) atoms. The van der Waals surface area contributed by atoms with E-state index < -0.39 is 0 Å². The zero-order valence-corrected chi connectivity index (χ0v) is 11.8. The molecule has 0 amide bonds. The molecule has 0 radical (unpaired) electrons. The lowest BCUT2D eigenvalue weighted by Crippen LogP contribution is -2.18. The van der Waals surface area contributed by atoms with Crippen LogP contribution in [-0.4, -0.2) is 6.04 Å². The van der Waals surface area contributed by atoms with Gasteiger partial charge in [0.15, 0.2) is 0 Å². The Morgan fingerprint density at radius 2 is 1.95 bits per heavy atom. The van der Waals surface area contributed by atoms with Gasteiger partial charge in [-0.2, -0.15) is 5.26 Å². The molecule has 0 saturated carbocycles. The second-order valence-electron chi connectivity index (χ2n) is 4.68. The van der Waals surface area contributed by atoms with Gasteiger partial charge in [0.2, 0.25) is 0 Å². The first-order chi connectivity index (χ1) is 9.58. The van der Waals surface area contributed by atoms with Crippen molar-refractivity contribution in [2.75, 3.05) is 5.32 Å². The molecule has 0 aromatic heterocycles. The predicted molar refractivity (Wildman–Crippen MR) is 79.4 cm³/mol. The number of rotatable bonds is 4. The van der Waals surface area contributed by atoms with Crippen molar-refractivity contribution < 1.29 is 4.39 Å². The topological polar surface area (TPSA) is 35.8 Å². The molecular formula is C16H14ClFN2. The lowest BCUT2D eigenvalue weighted by atomic mass is 10.1. The van der Waals surface area contributed by atoms with E-state index in [2.05, 4.69) is 11.4 Å². The number of hydrogen-bond donors (Lipinski definition) is 1. The van der Waals surface area contributed by atoms with Crippen molar-refractivity contribution in [2.24, 2.45) is 0 Å². The second kappa shape index (κ2) is 6.40. The summed E-state index contributed by atoms with van der Waals surface area (Å²) in [6.07, 6.45) is 0.744. The van der Waals surface area contributed by atoms with Crippen LogP contribution >= 0.6 is 11.6 Å². The lowest BCUT2D eigenvalue weighted by molar-refractivity contribution is 0.626. The minimum absolute atomic E-state index is 0.119. The van der Waals surface area contributed by atoms with E-state index in [1.54, 1.807) is 30.3 Å². The normalized spacial score (nSPS) is 11.7. The van der Waals surface area contributed by atoms with E-state index in [-0.39, 0.29) is 11.9 Å². The highest BCUT2D eigenvalue weighted by atomic mass is 35.5. The van der Waals surface area contributed by atoms with Gasteiger partial charge in [-0.15, -0.1) is 0 Å². The van der Waals surface area contributed by atoms with Crippen molar-refractivity contribution in [3.05, 3.63) is 64.4 Å². The molecule has 2 aromatic carbocycles. The molecule has 2 rings (SSSR count). The first kappa shape index (κ1) is 14.4. The van der Waals surface area contributed by atoms with Crippen molar-refractivity contribution in [3.8, 4) is 6.07 Å². The molecule has 2 aromatic rings. The van der Waals surface area contributed by atoms with Gasteiger partial charge >= 0.3 is 0 Å². The van der Waals surface area contributed by atoms with Crippen LogP contribution in [0.25, 0.3) is 0 Å². The molecule has 2 nitrogen and oxygen atoms in total. The number of benzene rings is 2. The molecular weight excluding hydrogens is 275 g/mol. The molecule has 0 aliphatic carbocycles. The van der Waals surface area contributed by atoms with E-state index in [0.29, 0.717) is 10.6 Å². The predicted octanol–water partition coefficient (Wildman–Crippen LogP) is 4.39. The lowest BCUT2D eigenvalue weighted by Gasteiger charge is -2.16. The summed E-state index contributed by atoms with van der Waals surface area (Å²) >= 11 is 5.86. The molecule has 0 spiro atoms. The summed E-state index contributed by atoms with van der Waals surface area (Å²) in [5.41, 5.74) is 2.31. The van der Waals surface area contributed by atoms with Crippen LogP contribution in [0.1, 0.15) is 18.1 Å². The van der Waals surface area contributed by atoms with Gasteiger partial charge in [-0.3, -0.25) is 0 Å². The summed E-state index contributed by atoms with van der Waals surface area (Å²) in [5.74, 6) is -0.237. The maximum atomic E-state index is 12.8. The molecule has 0 saturated heterocycles. The highest BCUT2D eigenvalue weighted by molar-refractivity contribution is 6.30. The molecule has 0 aliphatic rings. The zero-order chi connectivity index (χ0) is 14.5. The van der Waals surface area contributed by atoms with Crippen LogP contribution in [0, 0.1) is 17.1 Å². The summed E-state index contributed by atoms with van der Waals surface area (Å²) < 4.78 is 12.8. The fraction of sp³-hybridized carbons (Fsp3) is 0.188. The van der Waals surface area contributed by atoms with Gasteiger partial charge in [0, 0.05) is 11.1 Å². The van der Waals surface area contributed by atoms with Crippen LogP contribution in [0.3, 0.4) is 0 Å². The number of nitrogens with one attached hydrogen (secondary N) is 1. The minimum Gasteiger partial charge on any atom is -0.381 e. The summed E-state index contributed by atoms with van der Waals surface area (Å²) in [6, 6.07) is 13.8. The number of nitrogens with zero attached hydrogens (tertiary/aromatic N) is 1. The Balaban J connectivity index is 2.06. The fourth-order valence-electron chi connectivity index (χ4n) is 2.03. The van der Waals surface area contributed by atoms with Crippen molar-refractivity contribution in [1.82, 2.24) is 0 Å². The third-order valence-corrected chi connectivity index (χ3v) is 3.19. The van der Waals surface area contributed by atoms with Gasteiger partial charge in [0.05, 0.1) is 11.3 Å². The maximum Gasteiger partial charge on any atom is 0.123 e. The Morgan fingerprint density at radius 3 is 2.60 bits per heavy atom. The number of nitriles is 1. The molecule has 0 heterocycles. The molecule has 0 aliphatic heterocycles. The molecule has 4 heteroatoms. The second-order valence-corrected chi connectivity index (χ2v) is 5.11. The summed E-state index contributed by atoms with van der Waals surface area (Å²) in [6.45, 7) is 2.01. The van der Waals surface area contributed by atoms with Crippen LogP contribution in [0.15, 0.2) is 42.5 Å². The molecule has 0 fully saturated rings. The van der Waals surface area contributed by atoms with Crippen LogP contribution in [0.5, 0.6) is 0 Å². The summed E-state index contributed by atoms with van der Waals surface area (Å²) in [4.78, 5) is 0. The highest BCUT2D eigenvalue weighted by Crippen LogP contribution is 2.21. The number of halogens is 2. The summed E-state index contributed by atoms with van der Waals surface area (Å²) in [5, 5.41) is 12.9. The van der Waals surface area contributed by atoms with E-state index in [1.165, 1.54) is 12.1 Å². The van der Waals surface area contributed by atoms with Gasteiger partial charge < -0.3 is 5.32 Å². The zero-order valence-electron chi connectivity index (χ0n) is 11.0. The monoisotopic (exact) mass is 288 g/mol. The minimum atomic E-state index is -0.237. The van der Waals surface area contributed by atoms with Crippen molar-refractivity contribution in [1.29, 1.82) is 5.26 Å². The molecule has 0 bridgehead atoms. The smallest absolute Gasteiger partial charge is 0.123 e. The van der Waals surface area contributed by atoms with E-state index in [1.807, 2.05) is 6.92 Å². The van der Waals surface area contributed by atoms with E-state index in [9.17, 15) is 4.39 Å². The standard InChI is InChI=1S/C16H14ClFN2/c1-11(8-12-2-5-15(18)6-3-12)20-16-7-4-14(17)9-13(16)10-19/h2-7,9,11,20H,8H2,1H3. The SMILES string of the molecule is CC(Cc1ccc(F)cc1)Nc1ccc(Cl)cc1C#N. The van der Waals surface area contributed by atoms with Crippen LogP contribution in [0.4, 0.5) is 10.1 Å². The fourth-order valence-corrected chi connectivity index (χ4v) is 2.20. The number of hydrogen-bond acceptors (Lipinski definition) is 2. The van der Waals surface area contributed by atoms with E-state index in [4.69, 9.17) is 16.9 Å². The van der Waals surface area contributed by atoms with Gasteiger partial charge in [0.1, 0.15) is 11.9 Å². The van der Waals surface area contributed by atoms with Crippen molar-refractivity contribution in [2.45, 2.75) is 19.4 Å². The first-order valence-electron chi connectivity index (χ1n) is 6.29. The van der Waals surface area contributed by atoms with Gasteiger partial charge in [-0.05, 0) is 49.2 Å². The summed E-state index contributed by atoms with van der Waals surface area (Å²) in [7, 11) is 0. The van der Waals surface area contributed by atoms with Crippen LogP contribution in [-0.2, 0) is 6.42 Å². The van der Waals surface area contributed by atoms with Crippen LogP contribution < -0.4 is 5.32 Å². The average Bonchev–Trinajstić information content (AvgIpc) is 2.43. The number of anilines is 1. The first-order valence-corrected chi connectivity index (χ1v) is 6.67. The molecule has 1 atom stereocenters.